The molecule has 2 radical (unpaired) electrons. The van der Waals surface area contributed by atoms with Crippen LogP contribution in [0.5, 0.6) is 0 Å². The van der Waals surface area contributed by atoms with Gasteiger partial charge in [-0.15, -0.1) is 5.47 Å². The van der Waals surface area contributed by atoms with Crippen LogP contribution in [-0.2, 0) is 0 Å². The summed E-state index contributed by atoms with van der Waals surface area (Å²) < 4.78 is 0. The summed E-state index contributed by atoms with van der Waals surface area (Å²) in [5, 5.41) is 0. The highest BCUT2D eigenvalue weighted by atomic mass is 14.1. The van der Waals surface area contributed by atoms with E-state index in [1.54, 1.807) is 0 Å². The van der Waals surface area contributed by atoms with E-state index in [9.17, 15) is 0 Å². The molecule has 0 saturated heterocycles. The molecule has 0 aromatic rings. The minimum Gasteiger partial charge on any atom is -0.118 e. The SMILES string of the molecule is [B]C1=C(C)CC1. The summed E-state index contributed by atoms with van der Waals surface area (Å²) in [6, 6.07) is 0. The average Bonchev–Trinajstić information content (AvgIpc) is 1.61. The second-order valence-corrected chi connectivity index (χ2v) is 1.81. The Morgan fingerprint density at radius 3 is 2.00 bits per heavy atom. The molecule has 0 bridgehead atoms. The summed E-state index contributed by atoms with van der Waals surface area (Å²) in [7, 11) is 5.40. The van der Waals surface area contributed by atoms with Crippen molar-refractivity contribution in [2.75, 3.05) is 0 Å². The molecular weight excluding hydrogens is 70.9 g/mol. The summed E-state index contributed by atoms with van der Waals surface area (Å²) in [4.78, 5) is 0. The standard InChI is InChI=1S/C5H7B/c1-4-2-3-5(4)6/h2-3H2,1H3. The van der Waals surface area contributed by atoms with Gasteiger partial charge in [-0.2, -0.15) is 0 Å². The Kier molecular flexibility index (Phi) is 0.757. The molecule has 6 heavy (non-hydrogen) atoms. The fourth-order valence-electron chi connectivity index (χ4n) is 0.519. The maximum Gasteiger partial charge on any atom is 0.107 e. The third-order valence-electron chi connectivity index (χ3n) is 1.32. The molecule has 0 N–H and O–H groups in total. The van der Waals surface area contributed by atoms with Crippen LogP contribution in [-0.4, -0.2) is 7.85 Å². The van der Waals surface area contributed by atoms with Crippen molar-refractivity contribution >= 4 is 7.85 Å². The molecular formula is C5H7B. The van der Waals surface area contributed by atoms with Gasteiger partial charge in [-0.1, -0.05) is 5.57 Å². The van der Waals surface area contributed by atoms with Crippen LogP contribution < -0.4 is 0 Å². The van der Waals surface area contributed by atoms with E-state index in [0.29, 0.717) is 0 Å². The molecule has 1 aliphatic rings. The topological polar surface area (TPSA) is 0 Å². The quantitative estimate of drug-likeness (QED) is 0.382. The molecule has 30 valence electrons. The van der Waals surface area contributed by atoms with Crippen molar-refractivity contribution in [3.63, 3.8) is 0 Å². The van der Waals surface area contributed by atoms with Gasteiger partial charge in [0.25, 0.3) is 0 Å². The van der Waals surface area contributed by atoms with Crippen molar-refractivity contribution in [3.8, 4) is 0 Å². The van der Waals surface area contributed by atoms with Crippen LogP contribution in [0.4, 0.5) is 0 Å². The lowest BCUT2D eigenvalue weighted by molar-refractivity contribution is 0.852. The van der Waals surface area contributed by atoms with Crippen LogP contribution >= 0.6 is 0 Å². The maximum absolute atomic E-state index is 5.40. The van der Waals surface area contributed by atoms with E-state index < -0.39 is 0 Å². The first-order chi connectivity index (χ1) is 2.80. The van der Waals surface area contributed by atoms with Crippen molar-refractivity contribution in [1.29, 1.82) is 0 Å². The van der Waals surface area contributed by atoms with Crippen LogP contribution in [0, 0.1) is 0 Å². The zero-order valence-corrected chi connectivity index (χ0v) is 3.99. The van der Waals surface area contributed by atoms with Gasteiger partial charge < -0.3 is 0 Å². The second-order valence-electron chi connectivity index (χ2n) is 1.81. The minimum absolute atomic E-state index is 1.11. The monoisotopic (exact) mass is 78.1 g/mol. The summed E-state index contributed by atoms with van der Waals surface area (Å²) in [5.41, 5.74) is 2.49. The van der Waals surface area contributed by atoms with Crippen molar-refractivity contribution in [3.05, 3.63) is 11.0 Å². The molecule has 0 fully saturated rings. The third kappa shape index (κ3) is 0.386. The van der Waals surface area contributed by atoms with E-state index in [1.807, 2.05) is 0 Å². The molecule has 1 aliphatic carbocycles. The van der Waals surface area contributed by atoms with Gasteiger partial charge in [0, 0.05) is 0 Å². The summed E-state index contributed by atoms with van der Waals surface area (Å²) in [6.07, 6.45) is 2.36. The molecule has 0 unspecified atom stereocenters. The predicted octanol–water partition coefficient (Wildman–Crippen LogP) is 1.22. The molecule has 0 aromatic carbocycles. The van der Waals surface area contributed by atoms with Gasteiger partial charge in [0.05, 0.1) is 0 Å². The zero-order chi connectivity index (χ0) is 4.57. The van der Waals surface area contributed by atoms with Gasteiger partial charge in [-0.05, 0) is 19.8 Å². The average molecular weight is 77.9 g/mol. The molecule has 0 nitrogen and oxygen atoms in total. The predicted molar refractivity (Wildman–Crippen MR) is 27.7 cm³/mol. The number of hydrogen-bond donors (Lipinski definition) is 0. The summed E-state index contributed by atoms with van der Waals surface area (Å²) in [6.45, 7) is 2.08. The Morgan fingerprint density at radius 2 is 2.00 bits per heavy atom. The fourth-order valence-corrected chi connectivity index (χ4v) is 0.519. The lowest BCUT2D eigenvalue weighted by Crippen LogP contribution is -1.98. The van der Waals surface area contributed by atoms with Gasteiger partial charge in [0.2, 0.25) is 0 Å². The maximum atomic E-state index is 5.40. The van der Waals surface area contributed by atoms with Crippen molar-refractivity contribution < 1.29 is 0 Å². The van der Waals surface area contributed by atoms with E-state index in [1.165, 1.54) is 12.0 Å². The Labute approximate surface area is 39.7 Å². The molecule has 0 atom stereocenters. The fraction of sp³-hybridized carbons (Fsp3) is 0.600. The Bertz CT molecular complexity index is 80.1. The number of hydrogen-bond acceptors (Lipinski definition) is 0. The molecule has 1 rings (SSSR count). The van der Waals surface area contributed by atoms with Gasteiger partial charge in [0.1, 0.15) is 7.85 Å². The second kappa shape index (κ2) is 1.14. The Morgan fingerprint density at radius 1 is 1.50 bits per heavy atom. The molecule has 0 aliphatic heterocycles. The first kappa shape index (κ1) is 3.98. The normalized spacial score (nSPS) is 20.8. The van der Waals surface area contributed by atoms with Gasteiger partial charge in [-0.25, -0.2) is 0 Å². The highest BCUT2D eigenvalue weighted by Gasteiger charge is 2.04. The number of rotatable bonds is 0. The minimum atomic E-state index is 1.11. The van der Waals surface area contributed by atoms with E-state index in [0.717, 1.165) is 11.9 Å². The van der Waals surface area contributed by atoms with Crippen LogP contribution in [0.1, 0.15) is 19.8 Å². The van der Waals surface area contributed by atoms with E-state index in [4.69, 9.17) is 7.85 Å². The molecule has 0 spiro atoms. The van der Waals surface area contributed by atoms with E-state index in [2.05, 4.69) is 6.92 Å². The number of allylic oxidation sites excluding steroid dienone is 2. The summed E-state index contributed by atoms with van der Waals surface area (Å²) in [5.74, 6) is 0. The lowest BCUT2D eigenvalue weighted by atomic mass is 9.77. The zero-order valence-electron chi connectivity index (χ0n) is 3.99. The molecule has 1 heteroatoms. The van der Waals surface area contributed by atoms with Crippen LogP contribution in [0.3, 0.4) is 0 Å². The highest BCUT2D eigenvalue weighted by molar-refractivity contribution is 6.22. The van der Waals surface area contributed by atoms with E-state index >= 15 is 0 Å². The van der Waals surface area contributed by atoms with E-state index in [-0.39, 0.29) is 0 Å². The van der Waals surface area contributed by atoms with Crippen molar-refractivity contribution in [2.24, 2.45) is 0 Å². The molecule has 0 aromatic heterocycles. The van der Waals surface area contributed by atoms with Gasteiger partial charge >= 0.3 is 0 Å². The van der Waals surface area contributed by atoms with Gasteiger partial charge in [-0.3, -0.25) is 0 Å². The van der Waals surface area contributed by atoms with Crippen LogP contribution in [0.15, 0.2) is 11.0 Å². The smallest absolute Gasteiger partial charge is 0.107 e. The Hall–Kier alpha value is -0.195. The Balaban J connectivity index is 2.66. The lowest BCUT2D eigenvalue weighted by Gasteiger charge is -2.16. The molecule has 0 saturated carbocycles. The largest absolute Gasteiger partial charge is 0.118 e. The third-order valence-corrected chi connectivity index (χ3v) is 1.32. The first-order valence-electron chi connectivity index (χ1n) is 2.25. The first-order valence-corrected chi connectivity index (χ1v) is 2.25. The highest BCUT2D eigenvalue weighted by Crippen LogP contribution is 2.23. The molecule has 0 heterocycles. The van der Waals surface area contributed by atoms with Crippen molar-refractivity contribution in [1.82, 2.24) is 0 Å². The van der Waals surface area contributed by atoms with Crippen LogP contribution in [0.2, 0.25) is 0 Å². The summed E-state index contributed by atoms with van der Waals surface area (Å²) >= 11 is 0. The van der Waals surface area contributed by atoms with Crippen molar-refractivity contribution in [2.45, 2.75) is 19.8 Å². The van der Waals surface area contributed by atoms with Crippen LogP contribution in [0.25, 0.3) is 0 Å². The van der Waals surface area contributed by atoms with Gasteiger partial charge in [0.15, 0.2) is 0 Å². The molecule has 0 amide bonds.